The molecule has 0 saturated carbocycles. The molecule has 26 heavy (non-hydrogen) atoms. The maximum absolute atomic E-state index is 14.2. The molecule has 2 aromatic heterocycles. The predicted octanol–water partition coefficient (Wildman–Crippen LogP) is 2.48. The van der Waals surface area contributed by atoms with E-state index < -0.39 is 5.82 Å². The minimum absolute atomic E-state index is 0.123. The second kappa shape index (κ2) is 6.53. The topological polar surface area (TPSA) is 93.0 Å². The summed E-state index contributed by atoms with van der Waals surface area (Å²) in [6, 6.07) is 5.11. The van der Waals surface area contributed by atoms with Crippen LogP contribution in [0.4, 0.5) is 10.2 Å². The number of ether oxygens (including phenoxy) is 1. The van der Waals surface area contributed by atoms with Crippen molar-refractivity contribution in [1.29, 1.82) is 0 Å². The number of hydrogen-bond acceptors (Lipinski definition) is 6. The zero-order chi connectivity index (χ0) is 18.3. The van der Waals surface area contributed by atoms with Gasteiger partial charge >= 0.3 is 0 Å². The SMILES string of the molecule is CC(C)Oc1cc2c(-c3cc(N4CC[C@H](N)C4)ncn3)n[nH]c2cc1F. The molecule has 1 fully saturated rings. The highest BCUT2D eigenvalue weighted by Crippen LogP contribution is 2.32. The van der Waals surface area contributed by atoms with E-state index in [0.717, 1.165) is 30.7 Å². The van der Waals surface area contributed by atoms with Gasteiger partial charge in [-0.05, 0) is 26.3 Å². The van der Waals surface area contributed by atoms with Gasteiger partial charge in [0.25, 0.3) is 0 Å². The van der Waals surface area contributed by atoms with Gasteiger partial charge < -0.3 is 15.4 Å². The molecule has 1 aromatic carbocycles. The van der Waals surface area contributed by atoms with Crippen LogP contribution in [0.15, 0.2) is 24.5 Å². The zero-order valence-corrected chi connectivity index (χ0v) is 14.7. The number of hydrogen-bond donors (Lipinski definition) is 2. The van der Waals surface area contributed by atoms with Crippen LogP contribution in [0, 0.1) is 5.82 Å². The van der Waals surface area contributed by atoms with Gasteiger partial charge in [0.1, 0.15) is 17.8 Å². The molecule has 0 radical (unpaired) electrons. The molecule has 1 saturated heterocycles. The molecule has 0 bridgehead atoms. The molecule has 3 N–H and O–H groups in total. The third-order valence-corrected chi connectivity index (χ3v) is 4.42. The second-order valence-corrected chi connectivity index (χ2v) is 6.82. The smallest absolute Gasteiger partial charge is 0.167 e. The van der Waals surface area contributed by atoms with Crippen molar-refractivity contribution in [2.45, 2.75) is 32.4 Å². The molecule has 0 spiro atoms. The summed E-state index contributed by atoms with van der Waals surface area (Å²) in [4.78, 5) is 10.8. The number of nitrogens with zero attached hydrogens (tertiary/aromatic N) is 4. The molecule has 1 atom stereocenters. The lowest BCUT2D eigenvalue weighted by atomic mass is 10.1. The Bertz CT molecular complexity index is 941. The highest BCUT2D eigenvalue weighted by molar-refractivity contribution is 5.93. The highest BCUT2D eigenvalue weighted by atomic mass is 19.1. The van der Waals surface area contributed by atoms with Crippen LogP contribution in [0.5, 0.6) is 5.75 Å². The molecule has 3 heterocycles. The number of nitrogens with one attached hydrogen (secondary N) is 1. The summed E-state index contributed by atoms with van der Waals surface area (Å²) >= 11 is 0. The van der Waals surface area contributed by atoms with E-state index in [1.807, 2.05) is 19.9 Å². The number of fused-ring (bicyclic) bond motifs is 1. The minimum atomic E-state index is -0.421. The summed E-state index contributed by atoms with van der Waals surface area (Å²) in [5.41, 5.74) is 7.89. The Balaban J connectivity index is 1.74. The average Bonchev–Trinajstić information content (AvgIpc) is 3.21. The van der Waals surface area contributed by atoms with Gasteiger partial charge in [0, 0.05) is 36.7 Å². The van der Waals surface area contributed by atoms with Crippen LogP contribution in [0.1, 0.15) is 20.3 Å². The number of aromatic nitrogens is 4. The van der Waals surface area contributed by atoms with Crippen LogP contribution >= 0.6 is 0 Å². The van der Waals surface area contributed by atoms with E-state index in [4.69, 9.17) is 10.5 Å². The lowest BCUT2D eigenvalue weighted by Crippen LogP contribution is -2.26. The maximum Gasteiger partial charge on any atom is 0.167 e. The lowest BCUT2D eigenvalue weighted by molar-refractivity contribution is 0.231. The molecular formula is C18H21FN6O. The van der Waals surface area contributed by atoms with Crippen molar-refractivity contribution in [3.63, 3.8) is 0 Å². The molecule has 7 nitrogen and oxygen atoms in total. The van der Waals surface area contributed by atoms with E-state index in [1.54, 1.807) is 6.07 Å². The van der Waals surface area contributed by atoms with Crippen LogP contribution in [-0.2, 0) is 0 Å². The second-order valence-electron chi connectivity index (χ2n) is 6.82. The van der Waals surface area contributed by atoms with Crippen molar-refractivity contribution in [2.75, 3.05) is 18.0 Å². The first-order valence-electron chi connectivity index (χ1n) is 8.68. The largest absolute Gasteiger partial charge is 0.488 e. The molecule has 0 amide bonds. The summed E-state index contributed by atoms with van der Waals surface area (Å²) < 4.78 is 19.7. The molecule has 136 valence electrons. The Morgan fingerprint density at radius 2 is 2.15 bits per heavy atom. The van der Waals surface area contributed by atoms with E-state index in [2.05, 4.69) is 25.1 Å². The number of anilines is 1. The first-order chi connectivity index (χ1) is 12.5. The Labute approximate surface area is 150 Å². The number of rotatable bonds is 4. The molecule has 1 aliphatic heterocycles. The normalized spacial score (nSPS) is 17.4. The van der Waals surface area contributed by atoms with Gasteiger partial charge in [0.2, 0.25) is 0 Å². The summed E-state index contributed by atoms with van der Waals surface area (Å²) in [7, 11) is 0. The molecule has 3 aromatic rings. The standard InChI is InChI=1S/C18H21FN6O/c1-10(2)26-16-5-12-14(6-13(16)19)23-24-18(12)15-7-17(22-9-21-15)25-4-3-11(20)8-25/h5-7,9-11H,3-4,8,20H2,1-2H3,(H,23,24)/t11-/m0/s1. The van der Waals surface area contributed by atoms with Crippen LogP contribution < -0.4 is 15.4 Å². The van der Waals surface area contributed by atoms with Crippen LogP contribution in [0.2, 0.25) is 0 Å². The van der Waals surface area contributed by atoms with Gasteiger partial charge in [0.15, 0.2) is 11.6 Å². The average molecular weight is 356 g/mol. The van der Waals surface area contributed by atoms with Gasteiger partial charge in [-0.1, -0.05) is 0 Å². The Morgan fingerprint density at radius 3 is 2.88 bits per heavy atom. The van der Waals surface area contributed by atoms with Crippen LogP contribution in [0.25, 0.3) is 22.3 Å². The van der Waals surface area contributed by atoms with Gasteiger partial charge in [-0.15, -0.1) is 0 Å². The van der Waals surface area contributed by atoms with E-state index >= 15 is 0 Å². The molecule has 0 unspecified atom stereocenters. The number of halogens is 1. The van der Waals surface area contributed by atoms with E-state index in [9.17, 15) is 4.39 Å². The first-order valence-corrected chi connectivity index (χ1v) is 8.68. The third kappa shape index (κ3) is 3.08. The summed E-state index contributed by atoms with van der Waals surface area (Å²) in [6.07, 6.45) is 2.34. The van der Waals surface area contributed by atoms with Crippen molar-refractivity contribution >= 4 is 16.7 Å². The molecule has 8 heteroatoms. The number of H-pyrrole nitrogens is 1. The Kier molecular flexibility index (Phi) is 4.20. The van der Waals surface area contributed by atoms with Crippen LogP contribution in [-0.4, -0.2) is 45.4 Å². The molecule has 1 aliphatic rings. The number of aromatic amines is 1. The lowest BCUT2D eigenvalue weighted by Gasteiger charge is -2.16. The highest BCUT2D eigenvalue weighted by Gasteiger charge is 2.22. The number of nitrogens with two attached hydrogens (primary N) is 1. The fourth-order valence-electron chi connectivity index (χ4n) is 3.20. The quantitative estimate of drug-likeness (QED) is 0.746. The monoisotopic (exact) mass is 356 g/mol. The maximum atomic E-state index is 14.2. The van der Waals surface area contributed by atoms with Crippen LogP contribution in [0.3, 0.4) is 0 Å². The van der Waals surface area contributed by atoms with Gasteiger partial charge in [-0.25, -0.2) is 14.4 Å². The fourth-order valence-corrected chi connectivity index (χ4v) is 3.20. The fraction of sp³-hybridized carbons (Fsp3) is 0.389. The first kappa shape index (κ1) is 16.7. The summed E-state index contributed by atoms with van der Waals surface area (Å²) in [6.45, 7) is 5.36. The predicted molar refractivity (Wildman–Crippen MR) is 97.6 cm³/mol. The molecular weight excluding hydrogens is 335 g/mol. The Morgan fingerprint density at radius 1 is 1.31 bits per heavy atom. The van der Waals surface area contributed by atoms with Crippen molar-refractivity contribution < 1.29 is 9.13 Å². The van der Waals surface area contributed by atoms with E-state index in [1.165, 1.54) is 12.4 Å². The van der Waals surface area contributed by atoms with Gasteiger partial charge in [-0.2, -0.15) is 5.10 Å². The van der Waals surface area contributed by atoms with Gasteiger partial charge in [-0.3, -0.25) is 5.10 Å². The van der Waals surface area contributed by atoms with Crippen molar-refractivity contribution in [1.82, 2.24) is 20.2 Å². The minimum Gasteiger partial charge on any atom is -0.488 e. The van der Waals surface area contributed by atoms with Crippen molar-refractivity contribution in [3.05, 3.63) is 30.3 Å². The third-order valence-electron chi connectivity index (χ3n) is 4.42. The number of benzene rings is 1. The summed E-state index contributed by atoms with van der Waals surface area (Å²) in [5.74, 6) is 0.602. The van der Waals surface area contributed by atoms with Crippen molar-refractivity contribution in [2.24, 2.45) is 5.73 Å². The Hall–Kier alpha value is -2.74. The molecule has 4 rings (SSSR count). The zero-order valence-electron chi connectivity index (χ0n) is 14.7. The summed E-state index contributed by atoms with van der Waals surface area (Å²) in [5, 5.41) is 7.95. The van der Waals surface area contributed by atoms with E-state index in [-0.39, 0.29) is 17.9 Å². The molecule has 0 aliphatic carbocycles. The van der Waals surface area contributed by atoms with Crippen molar-refractivity contribution in [3.8, 4) is 17.1 Å². The van der Waals surface area contributed by atoms with Gasteiger partial charge in [0.05, 0.1) is 17.3 Å². The van der Waals surface area contributed by atoms with E-state index in [0.29, 0.717) is 16.9 Å².